The molecule has 150 valence electrons. The first-order chi connectivity index (χ1) is 14.0. The van der Waals surface area contributed by atoms with Crippen LogP contribution in [0.15, 0.2) is 66.3 Å². The Hall–Kier alpha value is -2.93. The average Bonchev–Trinajstić information content (AvgIpc) is 3.11. The lowest BCUT2D eigenvalue weighted by molar-refractivity contribution is -0.113. The molecule has 0 saturated heterocycles. The molecule has 7 heteroatoms. The van der Waals surface area contributed by atoms with Crippen LogP contribution in [0, 0.1) is 5.82 Å². The lowest BCUT2D eigenvalue weighted by Gasteiger charge is -2.10. The topological polar surface area (TPSA) is 59.8 Å². The van der Waals surface area contributed by atoms with E-state index >= 15 is 0 Å². The minimum Gasteiger partial charge on any atom is -0.325 e. The van der Waals surface area contributed by atoms with Crippen LogP contribution in [0.3, 0.4) is 0 Å². The summed E-state index contributed by atoms with van der Waals surface area (Å²) in [5.74, 6) is 0.822. The maximum absolute atomic E-state index is 13.0. The van der Waals surface area contributed by atoms with Crippen molar-refractivity contribution in [2.45, 2.75) is 31.5 Å². The third kappa shape index (κ3) is 5.32. The van der Waals surface area contributed by atoms with E-state index in [0.29, 0.717) is 23.3 Å². The van der Waals surface area contributed by atoms with E-state index in [9.17, 15) is 9.18 Å². The first-order valence-corrected chi connectivity index (χ1v) is 10.3. The Kier molecular flexibility index (Phi) is 6.82. The molecule has 2 aromatic carbocycles. The van der Waals surface area contributed by atoms with Crippen molar-refractivity contribution in [2.24, 2.45) is 0 Å². The second kappa shape index (κ2) is 9.52. The van der Waals surface area contributed by atoms with Crippen molar-refractivity contribution in [2.75, 3.05) is 11.1 Å². The zero-order valence-corrected chi connectivity index (χ0v) is 17.2. The molecular weight excluding hydrogens is 387 g/mol. The summed E-state index contributed by atoms with van der Waals surface area (Å²) in [6, 6.07) is 13.9. The number of allylic oxidation sites excluding steroid dienone is 1. The number of rotatable bonds is 8. The molecule has 0 aliphatic carbocycles. The number of amides is 1. The van der Waals surface area contributed by atoms with Gasteiger partial charge in [-0.25, -0.2) is 4.39 Å². The van der Waals surface area contributed by atoms with E-state index in [0.717, 1.165) is 11.4 Å². The highest BCUT2D eigenvalue weighted by Crippen LogP contribution is 2.26. The lowest BCUT2D eigenvalue weighted by atomic mass is 10.0. The molecule has 0 aliphatic rings. The molecule has 1 N–H and O–H groups in total. The lowest BCUT2D eigenvalue weighted by Crippen LogP contribution is -2.14. The van der Waals surface area contributed by atoms with Gasteiger partial charge in [-0.2, -0.15) is 0 Å². The number of halogens is 1. The number of anilines is 1. The molecule has 5 nitrogen and oxygen atoms in total. The monoisotopic (exact) mass is 410 g/mol. The van der Waals surface area contributed by atoms with Gasteiger partial charge in [0.2, 0.25) is 5.91 Å². The highest BCUT2D eigenvalue weighted by molar-refractivity contribution is 7.99. The molecule has 0 unspecified atom stereocenters. The van der Waals surface area contributed by atoms with Crippen LogP contribution in [0.25, 0.3) is 11.4 Å². The van der Waals surface area contributed by atoms with E-state index in [1.165, 1.54) is 41.6 Å². The number of carbonyl (C=O) groups excluding carboxylic acids is 1. The molecule has 0 saturated carbocycles. The van der Waals surface area contributed by atoms with Gasteiger partial charge in [-0.3, -0.25) is 9.36 Å². The van der Waals surface area contributed by atoms with E-state index in [1.807, 2.05) is 16.7 Å². The number of nitrogens with zero attached hydrogens (tertiary/aromatic N) is 3. The Morgan fingerprint density at radius 3 is 2.48 bits per heavy atom. The van der Waals surface area contributed by atoms with Gasteiger partial charge in [0.15, 0.2) is 11.0 Å². The minimum atomic E-state index is -0.344. The Labute approximate surface area is 174 Å². The molecule has 0 spiro atoms. The van der Waals surface area contributed by atoms with Crippen LogP contribution in [-0.4, -0.2) is 26.4 Å². The van der Waals surface area contributed by atoms with Crippen LogP contribution in [0.1, 0.15) is 25.3 Å². The number of carbonyl (C=O) groups is 1. The summed E-state index contributed by atoms with van der Waals surface area (Å²) < 4.78 is 14.9. The Bertz CT molecular complexity index is 981. The zero-order chi connectivity index (χ0) is 20.8. The van der Waals surface area contributed by atoms with Crippen molar-refractivity contribution < 1.29 is 9.18 Å². The number of nitrogens with one attached hydrogen (secondary N) is 1. The van der Waals surface area contributed by atoms with Crippen molar-refractivity contribution in [3.8, 4) is 11.4 Å². The third-order valence-corrected chi connectivity index (χ3v) is 5.29. The van der Waals surface area contributed by atoms with E-state index in [2.05, 4.69) is 48.1 Å². The van der Waals surface area contributed by atoms with Gasteiger partial charge in [0, 0.05) is 17.8 Å². The van der Waals surface area contributed by atoms with Crippen molar-refractivity contribution in [3.05, 3.63) is 72.6 Å². The molecule has 0 aliphatic heterocycles. The number of benzene rings is 2. The highest BCUT2D eigenvalue weighted by Gasteiger charge is 2.15. The summed E-state index contributed by atoms with van der Waals surface area (Å²) in [5.41, 5.74) is 2.78. The van der Waals surface area contributed by atoms with Gasteiger partial charge in [0.1, 0.15) is 5.82 Å². The predicted octanol–water partition coefficient (Wildman–Crippen LogP) is 5.12. The molecule has 3 rings (SSSR count). The van der Waals surface area contributed by atoms with E-state index in [4.69, 9.17) is 0 Å². The second-order valence-corrected chi connectivity index (χ2v) is 7.77. The molecule has 1 amide bonds. The summed E-state index contributed by atoms with van der Waals surface area (Å²) >= 11 is 1.30. The molecule has 3 aromatic rings. The van der Waals surface area contributed by atoms with Gasteiger partial charge in [-0.05, 0) is 35.7 Å². The van der Waals surface area contributed by atoms with Crippen molar-refractivity contribution in [1.82, 2.24) is 14.8 Å². The van der Waals surface area contributed by atoms with Crippen molar-refractivity contribution in [3.63, 3.8) is 0 Å². The summed E-state index contributed by atoms with van der Waals surface area (Å²) in [5, 5.41) is 12.0. The first kappa shape index (κ1) is 20.8. The molecule has 0 radical (unpaired) electrons. The molecule has 1 heterocycles. The molecular formula is C22H23FN4OS. The van der Waals surface area contributed by atoms with Crippen molar-refractivity contribution >= 4 is 23.4 Å². The van der Waals surface area contributed by atoms with Gasteiger partial charge < -0.3 is 5.32 Å². The standard InChI is InChI=1S/C22H23FN4OS/c1-4-13-27-21(17-7-5-16(6-8-17)15(2)3)25-26-22(27)29-14-20(28)24-19-11-9-18(23)10-12-19/h4-12,15H,1,13-14H2,2-3H3,(H,24,28). The number of aromatic nitrogens is 3. The fourth-order valence-electron chi connectivity index (χ4n) is 2.78. The number of hydrogen-bond acceptors (Lipinski definition) is 4. The van der Waals surface area contributed by atoms with Gasteiger partial charge in [0.25, 0.3) is 0 Å². The van der Waals surface area contributed by atoms with Gasteiger partial charge >= 0.3 is 0 Å². The average molecular weight is 411 g/mol. The van der Waals surface area contributed by atoms with Crippen LogP contribution in [0.2, 0.25) is 0 Å². The largest absolute Gasteiger partial charge is 0.325 e. The molecule has 29 heavy (non-hydrogen) atoms. The van der Waals surface area contributed by atoms with Gasteiger partial charge in [-0.1, -0.05) is 56.0 Å². The minimum absolute atomic E-state index is 0.166. The van der Waals surface area contributed by atoms with Crippen LogP contribution in [0.5, 0.6) is 0 Å². The summed E-state index contributed by atoms with van der Waals surface area (Å²) in [7, 11) is 0. The fourth-order valence-corrected chi connectivity index (χ4v) is 3.53. The van der Waals surface area contributed by atoms with E-state index in [1.54, 1.807) is 6.08 Å². The number of thioether (sulfide) groups is 1. The SMILES string of the molecule is C=CCn1c(SCC(=O)Nc2ccc(F)cc2)nnc1-c1ccc(C(C)C)cc1. The Morgan fingerprint density at radius 1 is 1.17 bits per heavy atom. The normalized spacial score (nSPS) is 10.9. The Morgan fingerprint density at radius 2 is 1.86 bits per heavy atom. The zero-order valence-electron chi connectivity index (χ0n) is 16.4. The fraction of sp³-hybridized carbons (Fsp3) is 0.227. The summed E-state index contributed by atoms with van der Waals surface area (Å²) in [4.78, 5) is 12.2. The van der Waals surface area contributed by atoms with E-state index < -0.39 is 0 Å². The Balaban J connectivity index is 1.71. The van der Waals surface area contributed by atoms with Crippen LogP contribution < -0.4 is 5.32 Å². The molecule has 0 fully saturated rings. The predicted molar refractivity (Wildman–Crippen MR) is 115 cm³/mol. The van der Waals surface area contributed by atoms with E-state index in [-0.39, 0.29) is 17.5 Å². The first-order valence-electron chi connectivity index (χ1n) is 9.30. The molecule has 0 atom stereocenters. The van der Waals surface area contributed by atoms with Crippen LogP contribution >= 0.6 is 11.8 Å². The summed E-state index contributed by atoms with van der Waals surface area (Å²) in [6.45, 7) is 8.66. The maximum Gasteiger partial charge on any atom is 0.234 e. The highest BCUT2D eigenvalue weighted by atomic mass is 32.2. The smallest absolute Gasteiger partial charge is 0.234 e. The van der Waals surface area contributed by atoms with Gasteiger partial charge in [0.05, 0.1) is 5.75 Å². The number of hydrogen-bond donors (Lipinski definition) is 1. The summed E-state index contributed by atoms with van der Waals surface area (Å²) in [6.07, 6.45) is 1.78. The maximum atomic E-state index is 13.0. The molecule has 0 bridgehead atoms. The van der Waals surface area contributed by atoms with Crippen LogP contribution in [0.4, 0.5) is 10.1 Å². The quantitative estimate of drug-likeness (QED) is 0.413. The van der Waals surface area contributed by atoms with Crippen molar-refractivity contribution in [1.29, 1.82) is 0 Å². The van der Waals surface area contributed by atoms with Gasteiger partial charge in [-0.15, -0.1) is 16.8 Å². The van der Waals surface area contributed by atoms with Crippen LogP contribution in [-0.2, 0) is 11.3 Å². The third-order valence-electron chi connectivity index (χ3n) is 4.32. The molecule has 1 aromatic heterocycles. The second-order valence-electron chi connectivity index (χ2n) is 6.83.